The van der Waals surface area contributed by atoms with Gasteiger partial charge < -0.3 is 4.57 Å². The van der Waals surface area contributed by atoms with Crippen molar-refractivity contribution in [3.05, 3.63) is 60.2 Å². The summed E-state index contributed by atoms with van der Waals surface area (Å²) in [5.74, 6) is 3.00. The van der Waals surface area contributed by atoms with E-state index in [2.05, 4.69) is 23.6 Å². The Balaban J connectivity index is 1.45. The third-order valence-corrected chi connectivity index (χ3v) is 8.56. The lowest BCUT2D eigenvalue weighted by Crippen LogP contribution is -2.22. The van der Waals surface area contributed by atoms with E-state index in [4.69, 9.17) is 15.1 Å². The van der Waals surface area contributed by atoms with Crippen molar-refractivity contribution in [2.24, 2.45) is 0 Å². The highest BCUT2D eigenvalue weighted by Gasteiger charge is 2.30. The Hall–Kier alpha value is -2.69. The molecule has 1 fully saturated rings. The maximum absolute atomic E-state index is 12.6. The van der Waals surface area contributed by atoms with Crippen molar-refractivity contribution >= 4 is 32.8 Å². The molecular formula is C24H28N6O2S2. The monoisotopic (exact) mass is 496 g/mol. The van der Waals surface area contributed by atoms with Gasteiger partial charge in [-0.2, -0.15) is 0 Å². The molecule has 0 bridgehead atoms. The molecule has 2 aromatic heterocycles. The van der Waals surface area contributed by atoms with Crippen LogP contribution in [0.5, 0.6) is 0 Å². The Kier molecular flexibility index (Phi) is 6.22. The number of hydrogen-bond acceptors (Lipinski definition) is 6. The molecule has 0 radical (unpaired) electrons. The number of fused-ring (bicyclic) bond motifs is 1. The standard InChI is InChI=1S/C24H28N6O2S2/c1-4-14-29-21-13-12-19(34(31,32)28(2)3)15-20(21)25-22(29)16-33-24-26-23(17-10-11-17)30(27-24)18-8-6-5-7-9-18/h5-9,12-13,15,17H,4,10-11,14,16H2,1-3H3. The fourth-order valence-corrected chi connectivity index (χ4v) is 5.67. The van der Waals surface area contributed by atoms with Crippen molar-refractivity contribution in [2.45, 2.75) is 54.5 Å². The lowest BCUT2D eigenvalue weighted by atomic mass is 10.3. The van der Waals surface area contributed by atoms with Gasteiger partial charge in [-0.1, -0.05) is 36.9 Å². The number of nitrogens with zero attached hydrogens (tertiary/aromatic N) is 6. The Bertz CT molecular complexity index is 1420. The maximum atomic E-state index is 12.6. The molecule has 1 aliphatic rings. The largest absolute Gasteiger partial charge is 0.327 e. The SMILES string of the molecule is CCCn1c(CSc2nc(C3CC3)n(-c3ccccc3)n2)nc2cc(S(=O)(=O)N(C)C)ccc21. The minimum absolute atomic E-state index is 0.252. The smallest absolute Gasteiger partial charge is 0.242 e. The zero-order valence-electron chi connectivity index (χ0n) is 19.5. The molecule has 0 spiro atoms. The first-order valence-corrected chi connectivity index (χ1v) is 13.9. The number of benzene rings is 2. The van der Waals surface area contributed by atoms with E-state index in [0.717, 1.165) is 53.8 Å². The normalized spacial score (nSPS) is 14.4. The highest BCUT2D eigenvalue weighted by Crippen LogP contribution is 2.40. The predicted octanol–water partition coefficient (Wildman–Crippen LogP) is 4.45. The molecule has 5 rings (SSSR count). The molecule has 0 atom stereocenters. The second-order valence-electron chi connectivity index (χ2n) is 8.68. The van der Waals surface area contributed by atoms with Gasteiger partial charge in [-0.05, 0) is 49.6 Å². The van der Waals surface area contributed by atoms with Crippen LogP contribution < -0.4 is 0 Å². The van der Waals surface area contributed by atoms with Crippen molar-refractivity contribution in [1.29, 1.82) is 0 Å². The number of imidazole rings is 1. The highest BCUT2D eigenvalue weighted by atomic mass is 32.2. The number of aryl methyl sites for hydroxylation is 1. The lowest BCUT2D eigenvalue weighted by molar-refractivity contribution is 0.521. The van der Waals surface area contributed by atoms with Crippen molar-refractivity contribution < 1.29 is 8.42 Å². The third-order valence-electron chi connectivity index (χ3n) is 5.91. The Morgan fingerprint density at radius 3 is 2.53 bits per heavy atom. The molecule has 1 aliphatic carbocycles. The van der Waals surface area contributed by atoms with Crippen LogP contribution >= 0.6 is 11.8 Å². The molecule has 0 amide bonds. The van der Waals surface area contributed by atoms with Crippen LogP contribution in [0.15, 0.2) is 58.6 Å². The van der Waals surface area contributed by atoms with E-state index < -0.39 is 10.0 Å². The summed E-state index contributed by atoms with van der Waals surface area (Å²) in [5, 5.41) is 5.53. The van der Waals surface area contributed by atoms with Gasteiger partial charge in [0.25, 0.3) is 0 Å². The molecule has 178 valence electrons. The van der Waals surface area contributed by atoms with Gasteiger partial charge in [0, 0.05) is 26.6 Å². The molecule has 2 heterocycles. The van der Waals surface area contributed by atoms with E-state index in [1.54, 1.807) is 23.9 Å². The van der Waals surface area contributed by atoms with Gasteiger partial charge in [0.2, 0.25) is 15.2 Å². The summed E-state index contributed by atoms with van der Waals surface area (Å²) < 4.78 is 30.5. The van der Waals surface area contributed by atoms with Crippen LogP contribution in [0.1, 0.15) is 43.8 Å². The molecule has 8 nitrogen and oxygen atoms in total. The molecule has 0 unspecified atom stereocenters. The molecule has 1 saturated carbocycles. The molecule has 0 aliphatic heterocycles. The lowest BCUT2D eigenvalue weighted by Gasteiger charge is -2.11. The summed E-state index contributed by atoms with van der Waals surface area (Å²) in [6, 6.07) is 15.3. The second kappa shape index (κ2) is 9.16. The van der Waals surface area contributed by atoms with Gasteiger partial charge in [0.05, 0.1) is 27.4 Å². The summed E-state index contributed by atoms with van der Waals surface area (Å²) in [7, 11) is -0.441. The predicted molar refractivity (Wildman–Crippen MR) is 134 cm³/mol. The van der Waals surface area contributed by atoms with Crippen LogP contribution in [0.3, 0.4) is 0 Å². The van der Waals surface area contributed by atoms with Crippen LogP contribution in [-0.4, -0.2) is 51.1 Å². The fourth-order valence-electron chi connectivity index (χ4n) is 3.97. The molecule has 0 N–H and O–H groups in total. The van der Waals surface area contributed by atoms with Gasteiger partial charge in [-0.3, -0.25) is 0 Å². The van der Waals surface area contributed by atoms with Gasteiger partial charge in [0.1, 0.15) is 11.6 Å². The summed E-state index contributed by atoms with van der Waals surface area (Å²) >= 11 is 1.57. The van der Waals surface area contributed by atoms with Crippen molar-refractivity contribution in [3.63, 3.8) is 0 Å². The number of sulfonamides is 1. The fraction of sp³-hybridized carbons (Fsp3) is 0.375. The third kappa shape index (κ3) is 4.37. The van der Waals surface area contributed by atoms with Gasteiger partial charge in [0.15, 0.2) is 0 Å². The van der Waals surface area contributed by atoms with Crippen LogP contribution in [0.4, 0.5) is 0 Å². The summed E-state index contributed by atoms with van der Waals surface area (Å²) in [5.41, 5.74) is 2.65. The van der Waals surface area contributed by atoms with E-state index in [0.29, 0.717) is 17.2 Å². The zero-order valence-corrected chi connectivity index (χ0v) is 21.2. The first-order chi connectivity index (χ1) is 16.4. The quantitative estimate of drug-likeness (QED) is 0.318. The van der Waals surface area contributed by atoms with E-state index in [1.807, 2.05) is 28.9 Å². The van der Waals surface area contributed by atoms with Crippen LogP contribution in [-0.2, 0) is 22.3 Å². The van der Waals surface area contributed by atoms with E-state index in [1.165, 1.54) is 18.4 Å². The van der Waals surface area contributed by atoms with Gasteiger partial charge in [-0.25, -0.2) is 27.4 Å². The van der Waals surface area contributed by atoms with Crippen molar-refractivity contribution in [1.82, 2.24) is 28.6 Å². The Morgan fingerprint density at radius 1 is 1.09 bits per heavy atom. The molecule has 0 saturated heterocycles. The minimum atomic E-state index is -3.51. The van der Waals surface area contributed by atoms with Crippen LogP contribution in [0.2, 0.25) is 0 Å². The maximum Gasteiger partial charge on any atom is 0.242 e. The molecule has 34 heavy (non-hydrogen) atoms. The van der Waals surface area contributed by atoms with Crippen LogP contribution in [0, 0.1) is 0 Å². The summed E-state index contributed by atoms with van der Waals surface area (Å²) in [4.78, 5) is 9.92. The van der Waals surface area contributed by atoms with Crippen molar-refractivity contribution in [2.75, 3.05) is 14.1 Å². The number of hydrogen-bond donors (Lipinski definition) is 0. The summed E-state index contributed by atoms with van der Waals surface area (Å²) in [6.45, 7) is 2.93. The van der Waals surface area contributed by atoms with Crippen molar-refractivity contribution in [3.8, 4) is 5.69 Å². The van der Waals surface area contributed by atoms with E-state index in [9.17, 15) is 8.42 Å². The molecule has 10 heteroatoms. The second-order valence-corrected chi connectivity index (χ2v) is 11.8. The van der Waals surface area contributed by atoms with Gasteiger partial charge in [-0.15, -0.1) is 5.10 Å². The minimum Gasteiger partial charge on any atom is -0.327 e. The first-order valence-electron chi connectivity index (χ1n) is 11.5. The number of rotatable bonds is 9. The topological polar surface area (TPSA) is 85.9 Å². The highest BCUT2D eigenvalue weighted by molar-refractivity contribution is 7.98. The average molecular weight is 497 g/mol. The summed E-state index contributed by atoms with van der Waals surface area (Å²) in [6.07, 6.45) is 3.26. The average Bonchev–Trinajstić information content (AvgIpc) is 3.50. The van der Waals surface area contributed by atoms with Gasteiger partial charge >= 0.3 is 0 Å². The number of aromatic nitrogens is 5. The number of para-hydroxylation sites is 1. The first kappa shape index (κ1) is 23.1. The van der Waals surface area contributed by atoms with E-state index >= 15 is 0 Å². The molecular weight excluding hydrogens is 468 g/mol. The molecule has 2 aromatic carbocycles. The molecule has 4 aromatic rings. The Labute approximate surface area is 204 Å². The zero-order chi connectivity index (χ0) is 23.9. The number of thioether (sulfide) groups is 1. The van der Waals surface area contributed by atoms with E-state index in [-0.39, 0.29) is 4.90 Å². The van der Waals surface area contributed by atoms with Crippen LogP contribution in [0.25, 0.3) is 16.7 Å². The Morgan fingerprint density at radius 2 is 1.85 bits per heavy atom.